The number of hydrogen-bond donors (Lipinski definition) is 2. The van der Waals surface area contributed by atoms with Gasteiger partial charge in [0.25, 0.3) is 0 Å². The first-order valence-corrected chi connectivity index (χ1v) is 4.92. The first kappa shape index (κ1) is 13.1. The average Bonchev–Trinajstić information content (AvgIpc) is 2.21. The van der Waals surface area contributed by atoms with E-state index in [9.17, 15) is 9.59 Å². The van der Waals surface area contributed by atoms with Gasteiger partial charge >= 0.3 is 5.97 Å². The smallest absolute Gasteiger partial charge is 0.306 e. The number of carbonyl (C=O) groups is 2. The highest BCUT2D eigenvalue weighted by molar-refractivity contribution is 5.78. The molecule has 1 saturated carbocycles. The summed E-state index contributed by atoms with van der Waals surface area (Å²) >= 11 is 0. The van der Waals surface area contributed by atoms with Crippen molar-refractivity contribution in [2.75, 3.05) is 7.05 Å². The standard InChI is InChI=1S/C9H14O3.CH5N/c1-6(10)7-2-4-8(5-3-7)9(11)12;1-2/h7-8H,2-5H2,1H3,(H,11,12);2H2,1H3. The molecule has 0 atom stereocenters. The molecular weight excluding hydrogens is 182 g/mol. The van der Waals surface area contributed by atoms with Gasteiger partial charge in [-0.2, -0.15) is 0 Å². The maximum Gasteiger partial charge on any atom is 0.306 e. The van der Waals surface area contributed by atoms with E-state index in [1.165, 1.54) is 7.05 Å². The summed E-state index contributed by atoms with van der Waals surface area (Å²) in [6, 6.07) is 0. The minimum Gasteiger partial charge on any atom is -0.481 e. The van der Waals surface area contributed by atoms with Crippen LogP contribution in [0.3, 0.4) is 0 Å². The quantitative estimate of drug-likeness (QED) is 0.699. The summed E-state index contributed by atoms with van der Waals surface area (Å²) in [4.78, 5) is 21.5. The first-order chi connectivity index (χ1) is 6.61. The molecule has 0 saturated heterocycles. The Morgan fingerprint density at radius 1 is 1.07 bits per heavy atom. The number of carbonyl (C=O) groups excluding carboxylic acids is 1. The molecule has 0 amide bonds. The predicted octanol–water partition coefficient (Wildman–Crippen LogP) is 1.04. The van der Waals surface area contributed by atoms with Crippen LogP contribution in [-0.4, -0.2) is 23.9 Å². The van der Waals surface area contributed by atoms with E-state index in [1.807, 2.05) is 0 Å². The zero-order chi connectivity index (χ0) is 11.1. The number of hydrogen-bond acceptors (Lipinski definition) is 3. The van der Waals surface area contributed by atoms with E-state index in [1.54, 1.807) is 6.92 Å². The Hall–Kier alpha value is -0.900. The molecule has 1 aliphatic rings. The van der Waals surface area contributed by atoms with Crippen molar-refractivity contribution in [3.05, 3.63) is 0 Å². The third-order valence-corrected chi connectivity index (χ3v) is 2.65. The molecule has 0 heterocycles. The number of aliphatic carboxylic acids is 1. The van der Waals surface area contributed by atoms with Crippen LogP contribution in [0.15, 0.2) is 0 Å². The number of rotatable bonds is 2. The third-order valence-electron chi connectivity index (χ3n) is 2.65. The fourth-order valence-corrected chi connectivity index (χ4v) is 1.75. The highest BCUT2D eigenvalue weighted by atomic mass is 16.4. The monoisotopic (exact) mass is 201 g/mol. The fraction of sp³-hybridized carbons (Fsp3) is 0.800. The number of ketones is 1. The van der Waals surface area contributed by atoms with Crippen molar-refractivity contribution in [3.63, 3.8) is 0 Å². The van der Waals surface area contributed by atoms with E-state index < -0.39 is 5.97 Å². The second-order valence-electron chi connectivity index (χ2n) is 3.50. The summed E-state index contributed by atoms with van der Waals surface area (Å²) < 4.78 is 0. The van der Waals surface area contributed by atoms with Crippen LogP contribution >= 0.6 is 0 Å². The van der Waals surface area contributed by atoms with Crippen LogP contribution in [0, 0.1) is 11.8 Å². The highest BCUT2D eigenvalue weighted by Gasteiger charge is 2.27. The van der Waals surface area contributed by atoms with Crippen LogP contribution in [0.25, 0.3) is 0 Å². The molecule has 0 spiro atoms. The van der Waals surface area contributed by atoms with Crippen LogP contribution in [0.5, 0.6) is 0 Å². The summed E-state index contributed by atoms with van der Waals surface area (Å²) in [5.41, 5.74) is 4.50. The van der Waals surface area contributed by atoms with Crippen LogP contribution in [-0.2, 0) is 9.59 Å². The second-order valence-corrected chi connectivity index (χ2v) is 3.50. The van der Waals surface area contributed by atoms with E-state index in [2.05, 4.69) is 5.73 Å². The lowest BCUT2D eigenvalue weighted by molar-refractivity contribution is -0.143. The van der Waals surface area contributed by atoms with Crippen molar-refractivity contribution in [1.29, 1.82) is 0 Å². The predicted molar refractivity (Wildman–Crippen MR) is 53.9 cm³/mol. The number of carboxylic acids is 1. The van der Waals surface area contributed by atoms with Gasteiger partial charge in [0.15, 0.2) is 0 Å². The molecule has 0 bridgehead atoms. The van der Waals surface area contributed by atoms with Gasteiger partial charge in [0.05, 0.1) is 5.92 Å². The summed E-state index contributed by atoms with van der Waals surface area (Å²) in [5.74, 6) is -0.586. The summed E-state index contributed by atoms with van der Waals surface area (Å²) in [6.45, 7) is 1.59. The molecule has 0 radical (unpaired) electrons. The molecule has 0 aromatic heterocycles. The van der Waals surface area contributed by atoms with Gasteiger partial charge in [-0.25, -0.2) is 0 Å². The zero-order valence-electron chi connectivity index (χ0n) is 8.82. The average molecular weight is 201 g/mol. The number of carboxylic acid groups (broad SMARTS) is 1. The molecule has 0 aromatic rings. The molecule has 1 rings (SSSR count). The number of Topliss-reactive ketones (excluding diaryl/α,β-unsaturated/α-hetero) is 1. The maximum atomic E-state index is 10.9. The molecule has 0 aromatic carbocycles. The molecule has 1 aliphatic carbocycles. The van der Waals surface area contributed by atoms with Gasteiger partial charge in [0, 0.05) is 5.92 Å². The summed E-state index contributed by atoms with van der Waals surface area (Å²) in [6.07, 6.45) is 2.84. The van der Waals surface area contributed by atoms with Crippen molar-refractivity contribution in [1.82, 2.24) is 0 Å². The largest absolute Gasteiger partial charge is 0.481 e. The Balaban J connectivity index is 0.000000791. The van der Waals surface area contributed by atoms with Gasteiger partial charge in [0.2, 0.25) is 0 Å². The van der Waals surface area contributed by atoms with Crippen molar-refractivity contribution in [2.24, 2.45) is 17.6 Å². The molecule has 0 unspecified atom stereocenters. The van der Waals surface area contributed by atoms with Crippen LogP contribution in [0.1, 0.15) is 32.6 Å². The molecule has 0 aliphatic heterocycles. The lowest BCUT2D eigenvalue weighted by atomic mass is 9.80. The van der Waals surface area contributed by atoms with Crippen LogP contribution < -0.4 is 5.73 Å². The lowest BCUT2D eigenvalue weighted by Crippen LogP contribution is -2.24. The van der Waals surface area contributed by atoms with Gasteiger partial charge in [-0.15, -0.1) is 0 Å². The van der Waals surface area contributed by atoms with E-state index in [0.717, 1.165) is 12.8 Å². The molecule has 1 fully saturated rings. The Morgan fingerprint density at radius 2 is 1.43 bits per heavy atom. The van der Waals surface area contributed by atoms with Crippen molar-refractivity contribution in [3.8, 4) is 0 Å². The van der Waals surface area contributed by atoms with Gasteiger partial charge in [0.1, 0.15) is 5.78 Å². The molecule has 3 N–H and O–H groups in total. The molecule has 14 heavy (non-hydrogen) atoms. The lowest BCUT2D eigenvalue weighted by Gasteiger charge is -2.23. The van der Waals surface area contributed by atoms with E-state index in [4.69, 9.17) is 5.11 Å². The van der Waals surface area contributed by atoms with Crippen molar-refractivity contribution >= 4 is 11.8 Å². The van der Waals surface area contributed by atoms with E-state index >= 15 is 0 Å². The van der Waals surface area contributed by atoms with E-state index in [-0.39, 0.29) is 17.6 Å². The summed E-state index contributed by atoms with van der Waals surface area (Å²) in [7, 11) is 1.50. The fourth-order valence-electron chi connectivity index (χ4n) is 1.75. The highest BCUT2D eigenvalue weighted by Crippen LogP contribution is 2.29. The minimum atomic E-state index is -0.711. The Bertz CT molecular complexity index is 174. The summed E-state index contributed by atoms with van der Waals surface area (Å²) in [5, 5.41) is 8.68. The minimum absolute atomic E-state index is 0.126. The Kier molecular flexibility index (Phi) is 6.12. The van der Waals surface area contributed by atoms with Crippen molar-refractivity contribution < 1.29 is 14.7 Å². The van der Waals surface area contributed by atoms with Crippen LogP contribution in [0.4, 0.5) is 0 Å². The van der Waals surface area contributed by atoms with Crippen molar-refractivity contribution in [2.45, 2.75) is 32.6 Å². The number of nitrogens with two attached hydrogens (primary N) is 1. The first-order valence-electron chi connectivity index (χ1n) is 4.92. The SMILES string of the molecule is CC(=O)C1CCC(C(=O)O)CC1.CN. The second kappa shape index (κ2) is 6.54. The zero-order valence-corrected chi connectivity index (χ0v) is 8.82. The Morgan fingerprint density at radius 3 is 1.71 bits per heavy atom. The van der Waals surface area contributed by atoms with E-state index in [0.29, 0.717) is 12.8 Å². The van der Waals surface area contributed by atoms with Gasteiger partial charge in [-0.1, -0.05) is 0 Å². The van der Waals surface area contributed by atoms with Gasteiger partial charge in [-0.05, 0) is 39.7 Å². The van der Waals surface area contributed by atoms with Gasteiger partial charge in [-0.3, -0.25) is 9.59 Å². The topological polar surface area (TPSA) is 80.4 Å². The molecule has 82 valence electrons. The molecular formula is C10H19NO3. The molecule has 4 heteroatoms. The normalized spacial score (nSPS) is 25.9. The van der Waals surface area contributed by atoms with Gasteiger partial charge < -0.3 is 10.8 Å². The Labute approximate surface area is 84.5 Å². The maximum absolute atomic E-state index is 10.9. The molecule has 4 nitrogen and oxygen atoms in total. The van der Waals surface area contributed by atoms with Crippen LogP contribution in [0.2, 0.25) is 0 Å². The third kappa shape index (κ3) is 3.87.